The fourth-order valence-electron chi connectivity index (χ4n) is 3.06. The number of aryl methyl sites for hydroxylation is 1. The molecule has 2 N–H and O–H groups in total. The van der Waals surface area contributed by atoms with E-state index in [1.165, 1.54) is 0 Å². The van der Waals surface area contributed by atoms with E-state index in [0.29, 0.717) is 50.2 Å². The van der Waals surface area contributed by atoms with E-state index in [1.54, 1.807) is 28.6 Å². The average Bonchev–Trinajstić information content (AvgIpc) is 2.67. The summed E-state index contributed by atoms with van der Waals surface area (Å²) in [5.41, 5.74) is 0.911. The predicted molar refractivity (Wildman–Crippen MR) is 102 cm³/mol. The molecule has 7 nitrogen and oxygen atoms in total. The highest BCUT2D eigenvalue weighted by Crippen LogP contribution is 2.21. The van der Waals surface area contributed by atoms with Crippen LogP contribution >= 0.6 is 0 Å². The molecular weight excluding hydrogens is 368 g/mol. The number of carbonyl (C=O) groups excluding carboxylic acids is 1. The number of hydrogen-bond donors (Lipinski definition) is 2. The molecule has 1 amide bonds. The second-order valence-electron chi connectivity index (χ2n) is 6.81. The molecule has 1 saturated heterocycles. The summed E-state index contributed by atoms with van der Waals surface area (Å²) in [6.45, 7) is 1.63. The Morgan fingerprint density at radius 1 is 1.00 bits per heavy atom. The predicted octanol–water partition coefficient (Wildman–Crippen LogP) is 2.16. The van der Waals surface area contributed by atoms with Gasteiger partial charge in [0.15, 0.2) is 0 Å². The molecule has 0 atom stereocenters. The van der Waals surface area contributed by atoms with Gasteiger partial charge in [-0.3, -0.25) is 9.59 Å². The van der Waals surface area contributed by atoms with Gasteiger partial charge in [-0.15, -0.1) is 0 Å². The van der Waals surface area contributed by atoms with Crippen molar-refractivity contribution in [1.29, 1.82) is 0 Å². The van der Waals surface area contributed by atoms with Gasteiger partial charge >= 0.3 is 5.97 Å². The SMILES string of the molecule is O=C(O)CCCCNC(=O)CCc1ccc(S(=O)(=O)N2CCCCC2)cc1. The maximum atomic E-state index is 12.6. The number of hydrogen-bond acceptors (Lipinski definition) is 4. The number of amides is 1. The van der Waals surface area contributed by atoms with Crippen LogP contribution in [0.3, 0.4) is 0 Å². The van der Waals surface area contributed by atoms with E-state index in [2.05, 4.69) is 5.32 Å². The molecule has 1 aromatic carbocycles. The first-order valence-electron chi connectivity index (χ1n) is 9.47. The van der Waals surface area contributed by atoms with E-state index in [0.717, 1.165) is 24.8 Å². The van der Waals surface area contributed by atoms with Crippen LogP contribution in [0, 0.1) is 0 Å². The Balaban J connectivity index is 1.76. The van der Waals surface area contributed by atoms with Gasteiger partial charge in [0.05, 0.1) is 4.90 Å². The highest BCUT2D eigenvalue weighted by atomic mass is 32.2. The lowest BCUT2D eigenvalue weighted by Gasteiger charge is -2.25. The van der Waals surface area contributed by atoms with Crippen LogP contribution in [0.2, 0.25) is 0 Å². The Morgan fingerprint density at radius 3 is 2.30 bits per heavy atom. The number of carbonyl (C=O) groups is 2. The van der Waals surface area contributed by atoms with Crippen molar-refractivity contribution in [2.24, 2.45) is 0 Å². The lowest BCUT2D eigenvalue weighted by molar-refractivity contribution is -0.137. The first kappa shape index (κ1) is 21.4. The molecule has 150 valence electrons. The molecule has 1 fully saturated rings. The number of nitrogens with one attached hydrogen (secondary N) is 1. The molecule has 1 aromatic rings. The van der Waals surface area contributed by atoms with Gasteiger partial charge in [-0.05, 0) is 49.8 Å². The van der Waals surface area contributed by atoms with Crippen molar-refractivity contribution < 1.29 is 23.1 Å². The van der Waals surface area contributed by atoms with Crippen molar-refractivity contribution in [1.82, 2.24) is 9.62 Å². The fraction of sp³-hybridized carbons (Fsp3) is 0.579. The molecule has 0 aromatic heterocycles. The zero-order chi connectivity index (χ0) is 19.7. The van der Waals surface area contributed by atoms with E-state index in [4.69, 9.17) is 5.11 Å². The van der Waals surface area contributed by atoms with Gasteiger partial charge in [0.1, 0.15) is 0 Å². The molecular formula is C19H28N2O5S. The molecule has 27 heavy (non-hydrogen) atoms. The number of carboxylic acids is 1. The molecule has 0 saturated carbocycles. The first-order valence-corrected chi connectivity index (χ1v) is 10.9. The Labute approximate surface area is 160 Å². The molecule has 8 heteroatoms. The average molecular weight is 397 g/mol. The van der Waals surface area contributed by atoms with Gasteiger partial charge in [0.25, 0.3) is 0 Å². The smallest absolute Gasteiger partial charge is 0.303 e. The van der Waals surface area contributed by atoms with Gasteiger partial charge in [0, 0.05) is 32.5 Å². The first-order chi connectivity index (χ1) is 12.9. The molecule has 0 bridgehead atoms. The third kappa shape index (κ3) is 6.95. The van der Waals surface area contributed by atoms with E-state index in [-0.39, 0.29) is 12.3 Å². The van der Waals surface area contributed by atoms with Crippen LogP contribution < -0.4 is 5.32 Å². The van der Waals surface area contributed by atoms with Crippen molar-refractivity contribution in [3.8, 4) is 0 Å². The highest BCUT2D eigenvalue weighted by molar-refractivity contribution is 7.89. The number of rotatable bonds is 10. The third-order valence-electron chi connectivity index (χ3n) is 4.66. The molecule has 0 unspecified atom stereocenters. The Hall–Kier alpha value is -1.93. The van der Waals surface area contributed by atoms with Crippen molar-refractivity contribution in [3.63, 3.8) is 0 Å². The van der Waals surface area contributed by atoms with Crippen LogP contribution in [0.1, 0.15) is 50.5 Å². The summed E-state index contributed by atoms with van der Waals surface area (Å²) in [6, 6.07) is 6.75. The van der Waals surface area contributed by atoms with E-state index in [1.807, 2.05) is 0 Å². The second-order valence-corrected chi connectivity index (χ2v) is 8.75. The molecule has 0 aliphatic carbocycles. The fourth-order valence-corrected chi connectivity index (χ4v) is 4.57. The van der Waals surface area contributed by atoms with Gasteiger partial charge in [-0.25, -0.2) is 8.42 Å². The maximum absolute atomic E-state index is 12.6. The molecule has 1 heterocycles. The molecule has 1 aliphatic heterocycles. The van der Waals surface area contributed by atoms with Gasteiger partial charge in [-0.2, -0.15) is 4.31 Å². The van der Waals surface area contributed by atoms with Gasteiger partial charge < -0.3 is 10.4 Å². The molecule has 1 aliphatic rings. The Kier molecular flexibility index (Phi) is 8.24. The number of unbranched alkanes of at least 4 members (excludes halogenated alkanes) is 1. The topological polar surface area (TPSA) is 104 Å². The van der Waals surface area contributed by atoms with Crippen LogP contribution in [0.15, 0.2) is 29.2 Å². The largest absolute Gasteiger partial charge is 0.481 e. The lowest BCUT2D eigenvalue weighted by Crippen LogP contribution is -2.35. The molecule has 0 radical (unpaired) electrons. The zero-order valence-electron chi connectivity index (χ0n) is 15.5. The van der Waals surface area contributed by atoms with Crippen LogP contribution in [-0.4, -0.2) is 49.3 Å². The van der Waals surface area contributed by atoms with Crippen LogP contribution in [0.4, 0.5) is 0 Å². The standard InChI is InChI=1S/C19H28N2O5S/c22-18(20-13-3-2-6-19(23)24)12-9-16-7-10-17(11-8-16)27(25,26)21-14-4-1-5-15-21/h7-8,10-11H,1-6,9,12-15H2,(H,20,22)(H,23,24). The Morgan fingerprint density at radius 2 is 1.67 bits per heavy atom. The monoisotopic (exact) mass is 396 g/mol. The van der Waals surface area contributed by atoms with Crippen molar-refractivity contribution in [3.05, 3.63) is 29.8 Å². The van der Waals surface area contributed by atoms with Gasteiger partial charge in [0.2, 0.25) is 15.9 Å². The Bertz CT molecular complexity index is 725. The number of aliphatic carboxylic acids is 1. The molecule has 2 rings (SSSR count). The second kappa shape index (κ2) is 10.4. The van der Waals surface area contributed by atoms with Crippen LogP contribution in [0.25, 0.3) is 0 Å². The molecule has 0 spiro atoms. The minimum atomic E-state index is -3.42. The normalized spacial score (nSPS) is 15.4. The summed E-state index contributed by atoms with van der Waals surface area (Å²) < 4.78 is 26.8. The summed E-state index contributed by atoms with van der Waals surface area (Å²) in [6.07, 6.45) is 5.03. The number of carboxylic acid groups (broad SMARTS) is 1. The minimum absolute atomic E-state index is 0.0876. The lowest BCUT2D eigenvalue weighted by atomic mass is 10.1. The van der Waals surface area contributed by atoms with E-state index in [9.17, 15) is 18.0 Å². The van der Waals surface area contributed by atoms with Crippen molar-refractivity contribution in [2.75, 3.05) is 19.6 Å². The van der Waals surface area contributed by atoms with Crippen LogP contribution in [-0.2, 0) is 26.0 Å². The summed E-state index contributed by atoms with van der Waals surface area (Å²) in [4.78, 5) is 22.5. The minimum Gasteiger partial charge on any atom is -0.481 e. The quantitative estimate of drug-likeness (QED) is 0.590. The summed E-state index contributed by atoms with van der Waals surface area (Å²) in [5.74, 6) is -0.914. The van der Waals surface area contributed by atoms with Crippen molar-refractivity contribution in [2.45, 2.75) is 56.3 Å². The van der Waals surface area contributed by atoms with E-state index < -0.39 is 16.0 Å². The van der Waals surface area contributed by atoms with Crippen molar-refractivity contribution >= 4 is 21.9 Å². The summed E-state index contributed by atoms with van der Waals surface area (Å²) >= 11 is 0. The number of sulfonamides is 1. The number of piperidine rings is 1. The zero-order valence-corrected chi connectivity index (χ0v) is 16.3. The van der Waals surface area contributed by atoms with E-state index >= 15 is 0 Å². The maximum Gasteiger partial charge on any atom is 0.303 e. The van der Waals surface area contributed by atoms with Crippen LogP contribution in [0.5, 0.6) is 0 Å². The number of nitrogens with zero attached hydrogens (tertiary/aromatic N) is 1. The third-order valence-corrected chi connectivity index (χ3v) is 6.57. The highest BCUT2D eigenvalue weighted by Gasteiger charge is 2.25. The summed E-state index contributed by atoms with van der Waals surface area (Å²) in [7, 11) is -3.42. The summed E-state index contributed by atoms with van der Waals surface area (Å²) in [5, 5.41) is 11.3. The number of benzene rings is 1. The van der Waals surface area contributed by atoms with Gasteiger partial charge in [-0.1, -0.05) is 18.6 Å².